The van der Waals surface area contributed by atoms with Crippen molar-refractivity contribution in [1.29, 1.82) is 0 Å². The van der Waals surface area contributed by atoms with E-state index < -0.39 is 0 Å². The molecule has 1 aromatic carbocycles. The van der Waals surface area contributed by atoms with Crippen LogP contribution in [0.5, 0.6) is 5.75 Å². The molecular formula is C11H16O2. The Morgan fingerprint density at radius 2 is 2.00 bits per heavy atom. The van der Waals surface area contributed by atoms with E-state index in [4.69, 9.17) is 5.11 Å². The molecule has 0 bridgehead atoms. The number of aliphatic hydroxyl groups excluding tert-OH is 1. The van der Waals surface area contributed by atoms with Crippen molar-refractivity contribution in [3.63, 3.8) is 0 Å². The van der Waals surface area contributed by atoms with Crippen molar-refractivity contribution in [3.8, 4) is 5.75 Å². The van der Waals surface area contributed by atoms with Gasteiger partial charge in [-0.05, 0) is 37.3 Å². The zero-order valence-corrected chi connectivity index (χ0v) is 7.95. The molecule has 0 amide bonds. The van der Waals surface area contributed by atoms with E-state index >= 15 is 0 Å². The second-order valence-electron chi connectivity index (χ2n) is 3.26. The fraction of sp³-hybridized carbons (Fsp3) is 0.455. The number of unbranched alkanes of at least 4 members (excludes halogenated alkanes) is 1. The molecule has 1 aromatic rings. The Bertz CT molecular complexity index is 269. The van der Waals surface area contributed by atoms with Crippen LogP contribution in [0.25, 0.3) is 0 Å². The standard InChI is InChI=1S/C11H16O2/c1-9-5-4-7-10(11(9)13)6-2-3-8-12/h4-5,7,12-13H,2-3,6,8H2,1H3. The molecule has 2 N–H and O–H groups in total. The number of aryl methyl sites for hydroxylation is 2. The zero-order valence-electron chi connectivity index (χ0n) is 7.95. The first-order valence-corrected chi connectivity index (χ1v) is 4.64. The Labute approximate surface area is 78.8 Å². The lowest BCUT2D eigenvalue weighted by Gasteiger charge is -2.05. The van der Waals surface area contributed by atoms with E-state index in [1.54, 1.807) is 0 Å². The van der Waals surface area contributed by atoms with Gasteiger partial charge in [-0.2, -0.15) is 0 Å². The summed E-state index contributed by atoms with van der Waals surface area (Å²) < 4.78 is 0. The van der Waals surface area contributed by atoms with Crippen LogP contribution in [0, 0.1) is 6.92 Å². The molecule has 0 saturated heterocycles. The first-order chi connectivity index (χ1) is 6.25. The van der Waals surface area contributed by atoms with Crippen molar-refractivity contribution in [2.75, 3.05) is 6.61 Å². The van der Waals surface area contributed by atoms with Crippen LogP contribution in [0.4, 0.5) is 0 Å². The Kier molecular flexibility index (Phi) is 3.77. The number of aliphatic hydroxyl groups is 1. The van der Waals surface area contributed by atoms with Gasteiger partial charge in [-0.1, -0.05) is 18.2 Å². The summed E-state index contributed by atoms with van der Waals surface area (Å²) in [4.78, 5) is 0. The molecule has 0 atom stereocenters. The number of phenols is 1. The minimum Gasteiger partial charge on any atom is -0.507 e. The van der Waals surface area contributed by atoms with Gasteiger partial charge in [-0.15, -0.1) is 0 Å². The molecule has 2 nitrogen and oxygen atoms in total. The average Bonchev–Trinajstić information content (AvgIpc) is 2.13. The highest BCUT2D eigenvalue weighted by molar-refractivity contribution is 5.39. The maximum Gasteiger partial charge on any atom is 0.121 e. The topological polar surface area (TPSA) is 40.5 Å². The fourth-order valence-corrected chi connectivity index (χ4v) is 1.35. The van der Waals surface area contributed by atoms with Crippen LogP contribution in [0.1, 0.15) is 24.0 Å². The summed E-state index contributed by atoms with van der Waals surface area (Å²) in [5.41, 5.74) is 1.90. The molecule has 0 aliphatic heterocycles. The third-order valence-electron chi connectivity index (χ3n) is 2.18. The van der Waals surface area contributed by atoms with Gasteiger partial charge in [0.1, 0.15) is 5.75 Å². The molecule has 72 valence electrons. The van der Waals surface area contributed by atoms with E-state index in [0.29, 0.717) is 5.75 Å². The largest absolute Gasteiger partial charge is 0.507 e. The fourth-order valence-electron chi connectivity index (χ4n) is 1.35. The number of aromatic hydroxyl groups is 1. The van der Waals surface area contributed by atoms with Crippen LogP contribution in [-0.2, 0) is 6.42 Å². The molecule has 0 aliphatic carbocycles. The SMILES string of the molecule is Cc1cccc(CCCCO)c1O. The summed E-state index contributed by atoms with van der Waals surface area (Å²) in [5.74, 6) is 0.403. The quantitative estimate of drug-likeness (QED) is 0.696. The van der Waals surface area contributed by atoms with E-state index in [-0.39, 0.29) is 6.61 Å². The van der Waals surface area contributed by atoms with E-state index in [1.807, 2.05) is 25.1 Å². The van der Waals surface area contributed by atoms with Crippen LogP contribution >= 0.6 is 0 Å². The maximum atomic E-state index is 9.63. The van der Waals surface area contributed by atoms with Crippen molar-refractivity contribution in [2.45, 2.75) is 26.2 Å². The van der Waals surface area contributed by atoms with Crippen molar-refractivity contribution < 1.29 is 10.2 Å². The third-order valence-corrected chi connectivity index (χ3v) is 2.18. The van der Waals surface area contributed by atoms with Crippen LogP contribution in [0.2, 0.25) is 0 Å². The monoisotopic (exact) mass is 180 g/mol. The van der Waals surface area contributed by atoms with Crippen molar-refractivity contribution in [2.24, 2.45) is 0 Å². The van der Waals surface area contributed by atoms with Gasteiger partial charge < -0.3 is 10.2 Å². The minimum atomic E-state index is 0.229. The Balaban J connectivity index is 2.61. The lowest BCUT2D eigenvalue weighted by Crippen LogP contribution is -1.90. The molecule has 0 aromatic heterocycles. The lowest BCUT2D eigenvalue weighted by molar-refractivity contribution is 0.284. The van der Waals surface area contributed by atoms with Crippen LogP contribution in [0.3, 0.4) is 0 Å². The number of hydrogen-bond acceptors (Lipinski definition) is 2. The van der Waals surface area contributed by atoms with Gasteiger partial charge >= 0.3 is 0 Å². The molecule has 13 heavy (non-hydrogen) atoms. The van der Waals surface area contributed by atoms with Gasteiger partial charge in [0, 0.05) is 6.61 Å². The van der Waals surface area contributed by atoms with Crippen molar-refractivity contribution in [3.05, 3.63) is 29.3 Å². The second-order valence-corrected chi connectivity index (χ2v) is 3.26. The summed E-state index contributed by atoms with van der Waals surface area (Å²) in [5, 5.41) is 18.2. The van der Waals surface area contributed by atoms with Gasteiger partial charge in [0.25, 0.3) is 0 Å². The molecule has 2 heteroatoms. The molecule has 0 radical (unpaired) electrons. The zero-order chi connectivity index (χ0) is 9.68. The first kappa shape index (κ1) is 10.1. The summed E-state index contributed by atoms with van der Waals surface area (Å²) >= 11 is 0. The third kappa shape index (κ3) is 2.74. The molecular weight excluding hydrogens is 164 g/mol. The van der Waals surface area contributed by atoms with E-state index in [1.165, 1.54) is 0 Å². The number of hydrogen-bond donors (Lipinski definition) is 2. The predicted octanol–water partition coefficient (Wildman–Crippen LogP) is 2.02. The second kappa shape index (κ2) is 4.87. The summed E-state index contributed by atoms with van der Waals surface area (Å²) in [6, 6.07) is 5.77. The first-order valence-electron chi connectivity index (χ1n) is 4.64. The van der Waals surface area contributed by atoms with Gasteiger partial charge in [0.05, 0.1) is 0 Å². The molecule has 0 saturated carbocycles. The highest BCUT2D eigenvalue weighted by Crippen LogP contribution is 2.22. The molecule has 0 heterocycles. The smallest absolute Gasteiger partial charge is 0.121 e. The van der Waals surface area contributed by atoms with Gasteiger partial charge in [0.2, 0.25) is 0 Å². The van der Waals surface area contributed by atoms with E-state index in [0.717, 1.165) is 30.4 Å². The highest BCUT2D eigenvalue weighted by Gasteiger charge is 2.02. The number of rotatable bonds is 4. The van der Waals surface area contributed by atoms with E-state index in [9.17, 15) is 5.11 Å². The number of para-hydroxylation sites is 1. The van der Waals surface area contributed by atoms with Gasteiger partial charge in [0.15, 0.2) is 0 Å². The Morgan fingerprint density at radius 1 is 1.23 bits per heavy atom. The Hall–Kier alpha value is -1.02. The summed E-state index contributed by atoms with van der Waals surface area (Å²) in [6.07, 6.45) is 2.56. The van der Waals surface area contributed by atoms with Crippen LogP contribution in [0.15, 0.2) is 18.2 Å². The molecule has 0 fully saturated rings. The highest BCUT2D eigenvalue weighted by atomic mass is 16.3. The lowest BCUT2D eigenvalue weighted by atomic mass is 10.0. The minimum absolute atomic E-state index is 0.229. The molecule has 0 unspecified atom stereocenters. The van der Waals surface area contributed by atoms with Crippen LogP contribution in [-0.4, -0.2) is 16.8 Å². The average molecular weight is 180 g/mol. The van der Waals surface area contributed by atoms with Gasteiger partial charge in [-0.3, -0.25) is 0 Å². The number of benzene rings is 1. The predicted molar refractivity (Wildman–Crippen MR) is 52.9 cm³/mol. The van der Waals surface area contributed by atoms with Crippen molar-refractivity contribution >= 4 is 0 Å². The Morgan fingerprint density at radius 3 is 2.69 bits per heavy atom. The summed E-state index contributed by atoms with van der Waals surface area (Å²) in [7, 11) is 0. The van der Waals surface area contributed by atoms with E-state index in [2.05, 4.69) is 0 Å². The normalized spacial score (nSPS) is 10.3. The van der Waals surface area contributed by atoms with Crippen LogP contribution < -0.4 is 0 Å². The van der Waals surface area contributed by atoms with Crippen molar-refractivity contribution in [1.82, 2.24) is 0 Å². The van der Waals surface area contributed by atoms with Gasteiger partial charge in [-0.25, -0.2) is 0 Å². The summed E-state index contributed by atoms with van der Waals surface area (Å²) in [6.45, 7) is 2.12. The molecule has 0 spiro atoms. The molecule has 0 aliphatic rings. The molecule has 1 rings (SSSR count). The number of phenolic OH excluding ortho intramolecular Hbond substituents is 1. The maximum absolute atomic E-state index is 9.63.